The third-order valence-corrected chi connectivity index (χ3v) is 5.20. The lowest BCUT2D eigenvalue weighted by atomic mass is 9.84. The molecule has 0 saturated heterocycles. The average molecular weight is 333 g/mol. The molecule has 0 amide bonds. The predicted molar refractivity (Wildman–Crippen MR) is 108 cm³/mol. The molecule has 1 aliphatic carbocycles. The van der Waals surface area contributed by atoms with Crippen molar-refractivity contribution >= 4 is 0 Å². The highest BCUT2D eigenvalue weighted by molar-refractivity contribution is 5.83. The van der Waals surface area contributed by atoms with Crippen molar-refractivity contribution in [1.82, 2.24) is 4.98 Å². The summed E-state index contributed by atoms with van der Waals surface area (Å²) in [4.78, 5) is 5.11. The minimum absolute atomic E-state index is 1.04. The fourth-order valence-corrected chi connectivity index (χ4v) is 3.91. The lowest BCUT2D eigenvalue weighted by Crippen LogP contribution is -2.08. The van der Waals surface area contributed by atoms with Crippen LogP contribution in [0.5, 0.6) is 0 Å². The van der Waals surface area contributed by atoms with E-state index >= 15 is 0 Å². The lowest BCUT2D eigenvalue weighted by molar-refractivity contribution is 0.930. The summed E-state index contributed by atoms with van der Waals surface area (Å²) < 4.78 is 0. The topological polar surface area (TPSA) is 12.9 Å². The van der Waals surface area contributed by atoms with E-state index in [2.05, 4.69) is 91.0 Å². The molecule has 1 heteroatoms. The van der Waals surface area contributed by atoms with Crippen LogP contribution in [0.4, 0.5) is 0 Å². The predicted octanol–water partition coefficient (Wildman–Crippen LogP) is 6.18. The Bertz CT molecular complexity index is 1050. The summed E-state index contributed by atoms with van der Waals surface area (Å²) in [5.74, 6) is 0. The van der Waals surface area contributed by atoms with Crippen molar-refractivity contribution in [2.75, 3.05) is 0 Å². The fraction of sp³-hybridized carbons (Fsp3) is 0.0800. The number of hydrogen-bond acceptors (Lipinski definition) is 1. The van der Waals surface area contributed by atoms with Crippen molar-refractivity contribution in [1.29, 1.82) is 0 Å². The van der Waals surface area contributed by atoms with Crippen LogP contribution >= 0.6 is 0 Å². The molecule has 0 bridgehead atoms. The summed E-state index contributed by atoms with van der Waals surface area (Å²) in [6.07, 6.45) is 2.12. The molecule has 0 N–H and O–H groups in total. The monoisotopic (exact) mass is 333 g/mol. The number of fused-ring (bicyclic) bond motifs is 3. The smallest absolute Gasteiger partial charge is 0.0750 e. The number of aryl methyl sites for hydroxylation is 1. The molecule has 4 aromatic rings. The second kappa shape index (κ2) is 6.27. The minimum Gasteiger partial charge on any atom is -0.247 e. The van der Waals surface area contributed by atoms with Crippen molar-refractivity contribution in [2.24, 2.45) is 0 Å². The molecule has 5 rings (SSSR count). The van der Waals surface area contributed by atoms with Crippen LogP contribution in [-0.2, 0) is 12.8 Å². The van der Waals surface area contributed by atoms with E-state index < -0.39 is 0 Å². The largest absolute Gasteiger partial charge is 0.247 e. The fourth-order valence-electron chi connectivity index (χ4n) is 3.91. The zero-order valence-electron chi connectivity index (χ0n) is 14.5. The second-order valence-corrected chi connectivity index (χ2v) is 6.77. The molecule has 1 aromatic heterocycles. The molecule has 0 radical (unpaired) electrons. The van der Waals surface area contributed by atoms with E-state index in [0.29, 0.717) is 0 Å². The summed E-state index contributed by atoms with van der Waals surface area (Å²) in [6, 6.07) is 32.1. The first-order valence-corrected chi connectivity index (χ1v) is 9.13. The molecule has 124 valence electrons. The van der Waals surface area contributed by atoms with Crippen molar-refractivity contribution in [3.63, 3.8) is 0 Å². The molecule has 1 nitrogen and oxygen atoms in total. The van der Waals surface area contributed by atoms with E-state index in [4.69, 9.17) is 4.98 Å². The summed E-state index contributed by atoms with van der Waals surface area (Å²) in [7, 11) is 0. The standard InChI is InChI=1S/C25H19N/c1-3-9-18(10-4-1)23-17-24(20-12-5-2-6-13-20)26-25-21-14-8-7-11-19(21)15-16-22(23)25/h1-14,17H,15-16H2. The molecule has 3 aromatic carbocycles. The van der Waals surface area contributed by atoms with Crippen LogP contribution in [-0.4, -0.2) is 4.98 Å². The maximum absolute atomic E-state index is 5.11. The molecule has 1 heterocycles. The van der Waals surface area contributed by atoms with Crippen molar-refractivity contribution in [3.05, 3.63) is 102 Å². The molecule has 0 saturated carbocycles. The van der Waals surface area contributed by atoms with Gasteiger partial charge >= 0.3 is 0 Å². The summed E-state index contributed by atoms with van der Waals surface area (Å²) in [6.45, 7) is 0. The van der Waals surface area contributed by atoms with Crippen LogP contribution < -0.4 is 0 Å². The Kier molecular flexibility index (Phi) is 3.64. The first-order chi connectivity index (χ1) is 12.9. The normalized spacial score (nSPS) is 12.3. The van der Waals surface area contributed by atoms with Gasteiger partial charge in [0.2, 0.25) is 0 Å². The minimum atomic E-state index is 1.04. The van der Waals surface area contributed by atoms with Crippen LogP contribution in [0.1, 0.15) is 11.1 Å². The Morgan fingerprint density at radius 2 is 1.23 bits per heavy atom. The zero-order valence-corrected chi connectivity index (χ0v) is 14.5. The van der Waals surface area contributed by atoms with E-state index in [1.165, 1.54) is 27.8 Å². The van der Waals surface area contributed by atoms with Gasteiger partial charge in [0, 0.05) is 11.1 Å². The third kappa shape index (κ3) is 2.53. The highest BCUT2D eigenvalue weighted by atomic mass is 14.7. The van der Waals surface area contributed by atoms with Crippen LogP contribution in [0, 0.1) is 0 Å². The first kappa shape index (κ1) is 15.1. The van der Waals surface area contributed by atoms with Gasteiger partial charge in [-0.25, -0.2) is 4.98 Å². The number of rotatable bonds is 2. The summed E-state index contributed by atoms with van der Waals surface area (Å²) >= 11 is 0. The zero-order chi connectivity index (χ0) is 17.3. The maximum Gasteiger partial charge on any atom is 0.0750 e. The van der Waals surface area contributed by atoms with Gasteiger partial charge in [-0.3, -0.25) is 0 Å². The van der Waals surface area contributed by atoms with Gasteiger partial charge in [0.1, 0.15) is 0 Å². The molecule has 0 aliphatic heterocycles. The van der Waals surface area contributed by atoms with Crippen molar-refractivity contribution in [3.8, 4) is 33.6 Å². The van der Waals surface area contributed by atoms with E-state index in [1.807, 2.05) is 0 Å². The van der Waals surface area contributed by atoms with Crippen LogP contribution in [0.2, 0.25) is 0 Å². The Hall–Kier alpha value is -3.19. The maximum atomic E-state index is 5.11. The van der Waals surface area contributed by atoms with Gasteiger partial charge in [-0.2, -0.15) is 0 Å². The van der Waals surface area contributed by atoms with E-state index in [0.717, 1.165) is 29.8 Å². The summed E-state index contributed by atoms with van der Waals surface area (Å²) in [5, 5.41) is 0. The van der Waals surface area contributed by atoms with Crippen LogP contribution in [0.15, 0.2) is 91.0 Å². The SMILES string of the molecule is c1ccc(-c2cc(-c3ccccc3)c3c(n2)-c2ccccc2CC3)cc1. The van der Waals surface area contributed by atoms with Crippen LogP contribution in [0.25, 0.3) is 33.6 Å². The highest BCUT2D eigenvalue weighted by Crippen LogP contribution is 2.39. The number of aromatic nitrogens is 1. The van der Waals surface area contributed by atoms with Gasteiger partial charge in [-0.05, 0) is 41.2 Å². The Morgan fingerprint density at radius 1 is 0.577 bits per heavy atom. The highest BCUT2D eigenvalue weighted by Gasteiger charge is 2.22. The van der Waals surface area contributed by atoms with Gasteiger partial charge in [-0.15, -0.1) is 0 Å². The van der Waals surface area contributed by atoms with E-state index in [1.54, 1.807) is 0 Å². The molecule has 0 atom stereocenters. The first-order valence-electron chi connectivity index (χ1n) is 9.13. The molecule has 26 heavy (non-hydrogen) atoms. The molecule has 1 aliphatic rings. The van der Waals surface area contributed by atoms with Gasteiger partial charge in [0.05, 0.1) is 11.4 Å². The summed E-state index contributed by atoms with van der Waals surface area (Å²) in [5.41, 5.74) is 9.98. The Morgan fingerprint density at radius 3 is 2.00 bits per heavy atom. The number of pyridine rings is 1. The molecular weight excluding hydrogens is 314 g/mol. The average Bonchev–Trinajstić information content (AvgIpc) is 2.74. The lowest BCUT2D eigenvalue weighted by Gasteiger charge is -2.23. The molecule has 0 fully saturated rings. The number of nitrogens with zero attached hydrogens (tertiary/aromatic N) is 1. The van der Waals surface area contributed by atoms with Gasteiger partial charge < -0.3 is 0 Å². The Labute approximate surface area is 154 Å². The molecule has 0 unspecified atom stereocenters. The number of hydrogen-bond donors (Lipinski definition) is 0. The Balaban J connectivity index is 1.81. The second-order valence-electron chi connectivity index (χ2n) is 6.77. The third-order valence-electron chi connectivity index (χ3n) is 5.20. The van der Waals surface area contributed by atoms with Crippen molar-refractivity contribution in [2.45, 2.75) is 12.8 Å². The van der Waals surface area contributed by atoms with Crippen LogP contribution in [0.3, 0.4) is 0 Å². The van der Waals surface area contributed by atoms with Gasteiger partial charge in [-0.1, -0.05) is 84.9 Å². The van der Waals surface area contributed by atoms with Gasteiger partial charge in [0.25, 0.3) is 0 Å². The molecule has 0 spiro atoms. The van der Waals surface area contributed by atoms with E-state index in [9.17, 15) is 0 Å². The molecular formula is C25H19N. The van der Waals surface area contributed by atoms with E-state index in [-0.39, 0.29) is 0 Å². The number of benzene rings is 3. The quantitative estimate of drug-likeness (QED) is 0.427. The van der Waals surface area contributed by atoms with Crippen molar-refractivity contribution < 1.29 is 0 Å². The van der Waals surface area contributed by atoms with Gasteiger partial charge in [0.15, 0.2) is 0 Å².